The molecule has 0 spiro atoms. The standard InChI is InChI=1S/C21H24N6O2/c28-20-18-5-8-25(14-17-4-2-7-27(17)16-3-1-6-22-13-16)15-19(18)23-21(24-20)26-9-11-29-12-10-26/h1-4,6-7,13H,5,8-12,14-15H2,(H,23,24,28). The molecule has 2 aliphatic heterocycles. The van der Waals surface area contributed by atoms with Crippen molar-refractivity contribution in [3.05, 3.63) is 70.2 Å². The quantitative estimate of drug-likeness (QED) is 0.722. The lowest BCUT2D eigenvalue weighted by Crippen LogP contribution is -2.40. The number of aromatic nitrogens is 4. The van der Waals surface area contributed by atoms with E-state index in [4.69, 9.17) is 9.72 Å². The van der Waals surface area contributed by atoms with Crippen LogP contribution in [0.15, 0.2) is 47.7 Å². The molecule has 0 amide bonds. The van der Waals surface area contributed by atoms with Gasteiger partial charge in [-0.15, -0.1) is 0 Å². The van der Waals surface area contributed by atoms with Gasteiger partial charge in [-0.25, -0.2) is 4.98 Å². The van der Waals surface area contributed by atoms with Crippen molar-refractivity contribution in [2.45, 2.75) is 19.5 Å². The van der Waals surface area contributed by atoms with Gasteiger partial charge in [0.2, 0.25) is 5.95 Å². The molecule has 0 aliphatic carbocycles. The van der Waals surface area contributed by atoms with E-state index in [9.17, 15) is 4.79 Å². The number of H-pyrrole nitrogens is 1. The topological polar surface area (TPSA) is 79.3 Å². The molecular formula is C21H24N6O2. The van der Waals surface area contributed by atoms with Crippen LogP contribution in [0.2, 0.25) is 0 Å². The Balaban J connectivity index is 1.37. The number of hydrogen-bond donors (Lipinski definition) is 1. The lowest BCUT2D eigenvalue weighted by Gasteiger charge is -2.31. The van der Waals surface area contributed by atoms with Gasteiger partial charge in [-0.05, 0) is 30.7 Å². The van der Waals surface area contributed by atoms with Crippen molar-refractivity contribution in [2.75, 3.05) is 37.7 Å². The number of nitrogens with zero attached hydrogens (tertiary/aromatic N) is 5. The van der Waals surface area contributed by atoms with Crippen molar-refractivity contribution in [3.63, 3.8) is 0 Å². The van der Waals surface area contributed by atoms with Crippen LogP contribution in [0.4, 0.5) is 5.95 Å². The summed E-state index contributed by atoms with van der Waals surface area (Å²) in [5.41, 5.74) is 3.95. The van der Waals surface area contributed by atoms with Crippen molar-refractivity contribution >= 4 is 5.95 Å². The minimum absolute atomic E-state index is 0.00474. The maximum atomic E-state index is 12.6. The molecule has 5 heterocycles. The highest BCUT2D eigenvalue weighted by atomic mass is 16.5. The molecule has 1 N–H and O–H groups in total. The highest BCUT2D eigenvalue weighted by Crippen LogP contribution is 2.20. The maximum absolute atomic E-state index is 12.6. The Morgan fingerprint density at radius 2 is 2.03 bits per heavy atom. The predicted molar refractivity (Wildman–Crippen MR) is 109 cm³/mol. The van der Waals surface area contributed by atoms with Gasteiger partial charge in [-0.3, -0.25) is 19.7 Å². The molecule has 8 nitrogen and oxygen atoms in total. The number of fused-ring (bicyclic) bond motifs is 1. The Morgan fingerprint density at radius 1 is 1.14 bits per heavy atom. The van der Waals surface area contributed by atoms with Crippen molar-refractivity contribution in [1.29, 1.82) is 0 Å². The molecule has 0 unspecified atom stereocenters. The smallest absolute Gasteiger partial charge is 0.255 e. The van der Waals surface area contributed by atoms with Gasteiger partial charge in [0.1, 0.15) is 0 Å². The summed E-state index contributed by atoms with van der Waals surface area (Å²) in [6, 6.07) is 8.18. The third-order valence-electron chi connectivity index (χ3n) is 5.59. The van der Waals surface area contributed by atoms with Crippen molar-refractivity contribution in [2.24, 2.45) is 0 Å². The van der Waals surface area contributed by atoms with Crippen LogP contribution in [-0.4, -0.2) is 57.3 Å². The monoisotopic (exact) mass is 392 g/mol. The van der Waals surface area contributed by atoms with Crippen LogP contribution >= 0.6 is 0 Å². The molecule has 0 atom stereocenters. The Labute approximate surface area is 168 Å². The molecule has 2 aliphatic rings. The molecule has 1 fully saturated rings. The van der Waals surface area contributed by atoms with Gasteiger partial charge in [-0.2, -0.15) is 0 Å². The van der Waals surface area contributed by atoms with Crippen LogP contribution < -0.4 is 10.5 Å². The van der Waals surface area contributed by atoms with Crippen molar-refractivity contribution in [3.8, 4) is 5.69 Å². The molecule has 5 rings (SSSR count). The number of aromatic amines is 1. The average molecular weight is 392 g/mol. The lowest BCUT2D eigenvalue weighted by molar-refractivity contribution is 0.122. The van der Waals surface area contributed by atoms with Crippen LogP contribution in [0.25, 0.3) is 5.69 Å². The number of ether oxygens (including phenoxy) is 1. The average Bonchev–Trinajstić information content (AvgIpc) is 3.23. The molecule has 29 heavy (non-hydrogen) atoms. The number of pyridine rings is 1. The lowest BCUT2D eigenvalue weighted by atomic mass is 10.1. The minimum atomic E-state index is -0.00474. The first-order valence-corrected chi connectivity index (χ1v) is 10.0. The van der Waals surface area contributed by atoms with Crippen LogP contribution in [0.5, 0.6) is 0 Å². The second kappa shape index (κ2) is 7.81. The molecule has 8 heteroatoms. The number of anilines is 1. The van der Waals surface area contributed by atoms with Gasteiger partial charge < -0.3 is 14.2 Å². The SMILES string of the molecule is O=c1[nH]c(N2CCOCC2)nc2c1CCN(Cc1cccn1-c1cccnc1)C2. The summed E-state index contributed by atoms with van der Waals surface area (Å²) < 4.78 is 7.57. The van der Waals surface area contributed by atoms with Gasteiger partial charge in [0.05, 0.1) is 30.8 Å². The third-order valence-corrected chi connectivity index (χ3v) is 5.59. The summed E-state index contributed by atoms with van der Waals surface area (Å²) in [5, 5.41) is 0. The first-order chi connectivity index (χ1) is 14.3. The van der Waals surface area contributed by atoms with Gasteiger partial charge in [0, 0.05) is 56.4 Å². The van der Waals surface area contributed by atoms with Crippen LogP contribution in [0.1, 0.15) is 17.0 Å². The number of rotatable bonds is 4. The van der Waals surface area contributed by atoms with E-state index in [2.05, 4.69) is 48.7 Å². The molecule has 3 aromatic rings. The first kappa shape index (κ1) is 18.1. The first-order valence-electron chi connectivity index (χ1n) is 10.0. The van der Waals surface area contributed by atoms with Crippen LogP contribution in [-0.2, 0) is 24.2 Å². The fraction of sp³-hybridized carbons (Fsp3) is 0.381. The van der Waals surface area contributed by atoms with Crippen LogP contribution in [0, 0.1) is 0 Å². The normalized spacial score (nSPS) is 17.3. The van der Waals surface area contributed by atoms with E-state index < -0.39 is 0 Å². The van der Waals surface area contributed by atoms with Crippen molar-refractivity contribution in [1.82, 2.24) is 24.4 Å². The second-order valence-electron chi connectivity index (χ2n) is 7.46. The van der Waals surface area contributed by atoms with Gasteiger partial charge in [0.15, 0.2) is 0 Å². The van der Waals surface area contributed by atoms with E-state index in [0.717, 1.165) is 43.1 Å². The number of nitrogens with one attached hydrogen (secondary N) is 1. The second-order valence-corrected chi connectivity index (χ2v) is 7.46. The fourth-order valence-corrected chi connectivity index (χ4v) is 4.06. The van der Waals surface area contributed by atoms with E-state index in [0.29, 0.717) is 32.1 Å². The zero-order valence-corrected chi connectivity index (χ0v) is 16.3. The van der Waals surface area contributed by atoms with Crippen molar-refractivity contribution < 1.29 is 4.74 Å². The van der Waals surface area contributed by atoms with Crippen LogP contribution in [0.3, 0.4) is 0 Å². The van der Waals surface area contributed by atoms with E-state index in [1.807, 2.05) is 12.3 Å². The van der Waals surface area contributed by atoms with E-state index in [1.54, 1.807) is 6.20 Å². The fourth-order valence-electron chi connectivity index (χ4n) is 4.06. The molecular weight excluding hydrogens is 368 g/mol. The Bertz CT molecular complexity index is 1040. The Kier molecular flexibility index (Phi) is 4.87. The molecule has 0 radical (unpaired) electrons. The number of hydrogen-bond acceptors (Lipinski definition) is 6. The Hall–Kier alpha value is -2.97. The summed E-state index contributed by atoms with van der Waals surface area (Å²) in [6.45, 7) is 5.15. The van der Waals surface area contributed by atoms with Gasteiger partial charge in [-0.1, -0.05) is 0 Å². The summed E-state index contributed by atoms with van der Waals surface area (Å²) in [6.07, 6.45) is 6.42. The molecule has 150 valence electrons. The highest BCUT2D eigenvalue weighted by Gasteiger charge is 2.24. The molecule has 0 saturated carbocycles. The number of morpholine rings is 1. The summed E-state index contributed by atoms with van der Waals surface area (Å²) in [5.74, 6) is 0.664. The molecule has 0 aromatic carbocycles. The molecule has 1 saturated heterocycles. The third kappa shape index (κ3) is 3.68. The van der Waals surface area contributed by atoms with E-state index in [-0.39, 0.29) is 5.56 Å². The molecule has 3 aromatic heterocycles. The zero-order chi connectivity index (χ0) is 19.6. The zero-order valence-electron chi connectivity index (χ0n) is 16.3. The Morgan fingerprint density at radius 3 is 2.86 bits per heavy atom. The van der Waals surface area contributed by atoms with E-state index in [1.165, 1.54) is 5.69 Å². The summed E-state index contributed by atoms with van der Waals surface area (Å²) in [4.78, 5) is 29.1. The predicted octanol–water partition coefficient (Wildman–Crippen LogP) is 1.35. The summed E-state index contributed by atoms with van der Waals surface area (Å²) in [7, 11) is 0. The summed E-state index contributed by atoms with van der Waals surface area (Å²) >= 11 is 0. The maximum Gasteiger partial charge on any atom is 0.255 e. The highest BCUT2D eigenvalue weighted by molar-refractivity contribution is 5.35. The molecule has 0 bridgehead atoms. The largest absolute Gasteiger partial charge is 0.378 e. The minimum Gasteiger partial charge on any atom is -0.378 e. The van der Waals surface area contributed by atoms with E-state index >= 15 is 0 Å². The van der Waals surface area contributed by atoms with Gasteiger partial charge >= 0.3 is 0 Å². The van der Waals surface area contributed by atoms with Gasteiger partial charge in [0.25, 0.3) is 5.56 Å².